The zero-order valence-electron chi connectivity index (χ0n) is 8.22. The van der Waals surface area contributed by atoms with Crippen LogP contribution in [0.5, 0.6) is 0 Å². The first-order valence-electron chi connectivity index (χ1n) is 4.31. The molecule has 72 valence electrons. The van der Waals surface area contributed by atoms with Gasteiger partial charge in [-0.1, -0.05) is 19.9 Å². The van der Waals surface area contributed by atoms with E-state index in [1.165, 1.54) is 7.11 Å². The summed E-state index contributed by atoms with van der Waals surface area (Å²) in [6, 6.07) is 0. The van der Waals surface area contributed by atoms with E-state index < -0.39 is 5.97 Å². The van der Waals surface area contributed by atoms with Gasteiger partial charge >= 0.3 is 5.97 Å². The van der Waals surface area contributed by atoms with Crippen molar-refractivity contribution in [2.75, 3.05) is 7.11 Å². The van der Waals surface area contributed by atoms with Crippen molar-refractivity contribution < 1.29 is 14.3 Å². The predicted octanol–water partition coefficient (Wildman–Crippen LogP) is 1.47. The second kappa shape index (κ2) is 3.32. The Hall–Kier alpha value is -1.12. The second-order valence-electron chi connectivity index (χ2n) is 3.96. The van der Waals surface area contributed by atoms with Crippen molar-refractivity contribution in [3.8, 4) is 0 Å². The minimum atomic E-state index is -0.516. The Morgan fingerprint density at radius 2 is 2.15 bits per heavy atom. The molecule has 3 nitrogen and oxygen atoms in total. The third kappa shape index (κ3) is 2.17. The summed E-state index contributed by atoms with van der Waals surface area (Å²) in [5.41, 5.74) is 0.135. The highest BCUT2D eigenvalue weighted by Crippen LogP contribution is 2.31. The average molecular weight is 182 g/mol. The molecule has 0 atom stereocenters. The van der Waals surface area contributed by atoms with Crippen LogP contribution in [0.3, 0.4) is 0 Å². The monoisotopic (exact) mass is 182 g/mol. The molecule has 0 aromatic carbocycles. The highest BCUT2D eigenvalue weighted by atomic mass is 16.5. The number of carbonyl (C=O) groups is 2. The van der Waals surface area contributed by atoms with E-state index in [-0.39, 0.29) is 16.8 Å². The van der Waals surface area contributed by atoms with Gasteiger partial charge in [-0.15, -0.1) is 0 Å². The summed E-state index contributed by atoms with van der Waals surface area (Å²) >= 11 is 0. The van der Waals surface area contributed by atoms with E-state index in [9.17, 15) is 9.59 Å². The molecule has 0 N–H and O–H groups in total. The van der Waals surface area contributed by atoms with E-state index in [1.54, 1.807) is 6.08 Å². The molecule has 0 bridgehead atoms. The topological polar surface area (TPSA) is 43.4 Å². The molecule has 0 heterocycles. The van der Waals surface area contributed by atoms with Gasteiger partial charge in [0.15, 0.2) is 5.78 Å². The van der Waals surface area contributed by atoms with Gasteiger partial charge in [0, 0.05) is 6.42 Å². The molecule has 3 heteroatoms. The minimum Gasteiger partial charge on any atom is -0.465 e. The number of Topliss-reactive ketones (excluding diaryl/α,β-unsaturated/α-hetero) is 1. The number of esters is 1. The third-order valence-corrected chi connectivity index (χ3v) is 2.24. The summed E-state index contributed by atoms with van der Waals surface area (Å²) in [5, 5.41) is 0. The van der Waals surface area contributed by atoms with Crippen LogP contribution >= 0.6 is 0 Å². The van der Waals surface area contributed by atoms with E-state index in [0.29, 0.717) is 6.42 Å². The standard InChI is InChI=1S/C10H14O3/c1-10(2)5-4-8(11)7(6-10)9(12)13-3/h6H,4-5H2,1-3H3. The molecule has 1 aliphatic rings. The molecule has 0 aliphatic heterocycles. The number of ether oxygens (including phenoxy) is 1. The number of methoxy groups -OCH3 is 1. The lowest BCUT2D eigenvalue weighted by Gasteiger charge is -2.25. The molecule has 0 saturated heterocycles. The second-order valence-corrected chi connectivity index (χ2v) is 3.96. The van der Waals surface area contributed by atoms with Gasteiger partial charge in [0.05, 0.1) is 12.7 Å². The van der Waals surface area contributed by atoms with Gasteiger partial charge in [-0.05, 0) is 11.8 Å². The number of carbonyl (C=O) groups excluding carboxylic acids is 2. The van der Waals surface area contributed by atoms with Crippen molar-refractivity contribution in [3.05, 3.63) is 11.6 Å². The number of hydrogen-bond donors (Lipinski definition) is 0. The minimum absolute atomic E-state index is 0.0720. The first kappa shape index (κ1) is 9.96. The Kier molecular flexibility index (Phi) is 2.55. The van der Waals surface area contributed by atoms with Crippen LogP contribution in [0, 0.1) is 5.41 Å². The summed E-state index contributed by atoms with van der Waals surface area (Å²) < 4.78 is 4.53. The van der Waals surface area contributed by atoms with Gasteiger partial charge < -0.3 is 4.74 Å². The van der Waals surface area contributed by atoms with Gasteiger partial charge in [-0.25, -0.2) is 4.79 Å². The number of hydrogen-bond acceptors (Lipinski definition) is 3. The number of allylic oxidation sites excluding steroid dienone is 1. The molecule has 0 fully saturated rings. The van der Waals surface area contributed by atoms with Gasteiger partial charge in [-0.3, -0.25) is 4.79 Å². The smallest absolute Gasteiger partial charge is 0.341 e. The Morgan fingerprint density at radius 3 is 2.69 bits per heavy atom. The van der Waals surface area contributed by atoms with Crippen molar-refractivity contribution in [3.63, 3.8) is 0 Å². The zero-order valence-corrected chi connectivity index (χ0v) is 8.22. The van der Waals surface area contributed by atoms with Crippen molar-refractivity contribution in [2.24, 2.45) is 5.41 Å². The van der Waals surface area contributed by atoms with Crippen LogP contribution in [0.25, 0.3) is 0 Å². The fourth-order valence-corrected chi connectivity index (χ4v) is 1.40. The average Bonchev–Trinajstić information content (AvgIpc) is 2.08. The van der Waals surface area contributed by atoms with Crippen molar-refractivity contribution in [2.45, 2.75) is 26.7 Å². The Morgan fingerprint density at radius 1 is 1.54 bits per heavy atom. The molecule has 0 radical (unpaired) electrons. The molecular weight excluding hydrogens is 168 g/mol. The summed E-state index contributed by atoms with van der Waals surface area (Å²) in [5.74, 6) is -0.621. The van der Waals surface area contributed by atoms with Crippen LogP contribution < -0.4 is 0 Å². The van der Waals surface area contributed by atoms with E-state index in [4.69, 9.17) is 0 Å². The molecule has 0 saturated carbocycles. The van der Waals surface area contributed by atoms with Crippen LogP contribution in [0.4, 0.5) is 0 Å². The molecular formula is C10H14O3. The highest BCUT2D eigenvalue weighted by Gasteiger charge is 2.29. The molecule has 0 spiro atoms. The Balaban J connectivity index is 2.97. The zero-order chi connectivity index (χ0) is 10.1. The number of rotatable bonds is 1. The fraction of sp³-hybridized carbons (Fsp3) is 0.600. The maximum atomic E-state index is 11.3. The van der Waals surface area contributed by atoms with Gasteiger partial charge in [-0.2, -0.15) is 0 Å². The van der Waals surface area contributed by atoms with E-state index in [2.05, 4.69) is 4.74 Å². The number of ketones is 1. The van der Waals surface area contributed by atoms with Crippen LogP contribution in [0.15, 0.2) is 11.6 Å². The van der Waals surface area contributed by atoms with E-state index in [0.717, 1.165) is 6.42 Å². The van der Waals surface area contributed by atoms with Crippen molar-refractivity contribution in [1.29, 1.82) is 0 Å². The molecule has 0 unspecified atom stereocenters. The predicted molar refractivity (Wildman–Crippen MR) is 48.1 cm³/mol. The first-order valence-corrected chi connectivity index (χ1v) is 4.31. The maximum Gasteiger partial charge on any atom is 0.341 e. The summed E-state index contributed by atoms with van der Waals surface area (Å²) in [7, 11) is 1.29. The molecule has 1 aliphatic carbocycles. The summed E-state index contributed by atoms with van der Waals surface area (Å²) in [4.78, 5) is 22.5. The quantitative estimate of drug-likeness (QED) is 0.455. The van der Waals surface area contributed by atoms with E-state index >= 15 is 0 Å². The summed E-state index contributed by atoms with van der Waals surface area (Å²) in [6.07, 6.45) is 2.95. The molecule has 1 rings (SSSR count). The molecule has 0 aromatic heterocycles. The lowest BCUT2D eigenvalue weighted by molar-refractivity contribution is -0.138. The fourth-order valence-electron chi connectivity index (χ4n) is 1.40. The normalized spacial score (nSPS) is 20.8. The molecule has 13 heavy (non-hydrogen) atoms. The maximum absolute atomic E-state index is 11.3. The lowest BCUT2D eigenvalue weighted by atomic mass is 9.79. The summed E-state index contributed by atoms with van der Waals surface area (Å²) in [6.45, 7) is 4.00. The third-order valence-electron chi connectivity index (χ3n) is 2.24. The van der Waals surface area contributed by atoms with Crippen LogP contribution in [-0.4, -0.2) is 18.9 Å². The Labute approximate surface area is 77.8 Å². The van der Waals surface area contributed by atoms with Crippen LogP contribution in [0.1, 0.15) is 26.7 Å². The van der Waals surface area contributed by atoms with Gasteiger partial charge in [0.1, 0.15) is 0 Å². The Bertz CT molecular complexity index is 274. The van der Waals surface area contributed by atoms with Crippen molar-refractivity contribution in [1.82, 2.24) is 0 Å². The first-order chi connectivity index (χ1) is 5.96. The van der Waals surface area contributed by atoms with Crippen LogP contribution in [-0.2, 0) is 14.3 Å². The molecule has 0 aromatic rings. The largest absolute Gasteiger partial charge is 0.465 e. The lowest BCUT2D eigenvalue weighted by Crippen LogP contribution is -2.24. The SMILES string of the molecule is COC(=O)C1=CC(C)(C)CCC1=O. The van der Waals surface area contributed by atoms with Gasteiger partial charge in [0.25, 0.3) is 0 Å². The highest BCUT2D eigenvalue weighted by molar-refractivity contribution is 6.17. The van der Waals surface area contributed by atoms with Gasteiger partial charge in [0.2, 0.25) is 0 Å². The van der Waals surface area contributed by atoms with E-state index in [1.807, 2.05) is 13.8 Å². The van der Waals surface area contributed by atoms with Crippen LogP contribution in [0.2, 0.25) is 0 Å². The van der Waals surface area contributed by atoms with Crippen molar-refractivity contribution >= 4 is 11.8 Å². The molecule has 0 amide bonds.